The summed E-state index contributed by atoms with van der Waals surface area (Å²) in [5.41, 5.74) is 1.76. The van der Waals surface area contributed by atoms with Crippen molar-refractivity contribution in [3.63, 3.8) is 0 Å². The molecule has 6 nitrogen and oxygen atoms in total. The molecule has 0 aromatic heterocycles. The highest BCUT2D eigenvalue weighted by Crippen LogP contribution is 2.29. The van der Waals surface area contributed by atoms with Gasteiger partial charge in [-0.3, -0.25) is 4.55 Å². The van der Waals surface area contributed by atoms with Crippen LogP contribution in [0.1, 0.15) is 12.5 Å². The fourth-order valence-corrected chi connectivity index (χ4v) is 2.15. The standard InChI is InChI=1S/C14H14N2O4S/c1-2-10-3-8-14(17)13(9-10)16-15-11-4-6-12(7-5-11)21(18,19)20/h3-9,17H,2H2,1H3,(H,18,19,20)/b16-15+. The van der Waals surface area contributed by atoms with E-state index in [4.69, 9.17) is 4.55 Å². The molecule has 2 N–H and O–H groups in total. The summed E-state index contributed by atoms with van der Waals surface area (Å²) >= 11 is 0. The zero-order valence-electron chi connectivity index (χ0n) is 11.3. The van der Waals surface area contributed by atoms with Gasteiger partial charge < -0.3 is 5.11 Å². The van der Waals surface area contributed by atoms with Gasteiger partial charge in [0.05, 0.1) is 10.6 Å². The van der Waals surface area contributed by atoms with E-state index in [0.29, 0.717) is 11.4 Å². The first kappa shape index (κ1) is 15.1. The monoisotopic (exact) mass is 306 g/mol. The van der Waals surface area contributed by atoms with Crippen LogP contribution in [-0.2, 0) is 16.5 Å². The zero-order chi connectivity index (χ0) is 15.5. The van der Waals surface area contributed by atoms with Crippen LogP contribution >= 0.6 is 0 Å². The van der Waals surface area contributed by atoms with E-state index in [1.165, 1.54) is 24.3 Å². The molecule has 0 aliphatic heterocycles. The molecular formula is C14H14N2O4S. The molecular weight excluding hydrogens is 292 g/mol. The summed E-state index contributed by atoms with van der Waals surface area (Å²) in [4.78, 5) is -0.211. The lowest BCUT2D eigenvalue weighted by molar-refractivity contribution is 0.476. The van der Waals surface area contributed by atoms with Crippen LogP contribution in [-0.4, -0.2) is 18.1 Å². The Morgan fingerprint density at radius 2 is 1.71 bits per heavy atom. The number of aromatic hydroxyl groups is 1. The molecule has 21 heavy (non-hydrogen) atoms. The Morgan fingerprint density at radius 1 is 1.05 bits per heavy atom. The van der Waals surface area contributed by atoms with E-state index >= 15 is 0 Å². The Bertz CT molecular complexity index is 768. The van der Waals surface area contributed by atoms with Gasteiger partial charge in [0.15, 0.2) is 0 Å². The SMILES string of the molecule is CCc1ccc(O)c(/N=N/c2ccc(S(=O)(=O)O)cc2)c1. The number of benzene rings is 2. The average molecular weight is 306 g/mol. The van der Waals surface area contributed by atoms with Crippen molar-refractivity contribution in [1.82, 2.24) is 0 Å². The Hall–Kier alpha value is -2.25. The molecule has 0 unspecified atom stereocenters. The van der Waals surface area contributed by atoms with E-state index in [1.54, 1.807) is 18.2 Å². The molecule has 0 atom stereocenters. The van der Waals surface area contributed by atoms with E-state index in [0.717, 1.165) is 12.0 Å². The maximum atomic E-state index is 10.9. The lowest BCUT2D eigenvalue weighted by Gasteiger charge is -2.01. The van der Waals surface area contributed by atoms with E-state index < -0.39 is 10.1 Å². The van der Waals surface area contributed by atoms with Crippen LogP contribution in [0, 0.1) is 0 Å². The van der Waals surface area contributed by atoms with Gasteiger partial charge in [-0.1, -0.05) is 13.0 Å². The van der Waals surface area contributed by atoms with E-state index in [-0.39, 0.29) is 10.6 Å². The van der Waals surface area contributed by atoms with Crippen molar-refractivity contribution in [2.24, 2.45) is 10.2 Å². The van der Waals surface area contributed by atoms with Gasteiger partial charge in [-0.2, -0.15) is 13.5 Å². The Balaban J connectivity index is 2.25. The van der Waals surface area contributed by atoms with Crippen molar-refractivity contribution in [2.75, 3.05) is 0 Å². The van der Waals surface area contributed by atoms with Gasteiger partial charge in [0, 0.05) is 0 Å². The van der Waals surface area contributed by atoms with Crippen LogP contribution in [0.3, 0.4) is 0 Å². The summed E-state index contributed by atoms with van der Waals surface area (Å²) < 4.78 is 30.7. The highest BCUT2D eigenvalue weighted by molar-refractivity contribution is 7.85. The predicted octanol–water partition coefficient (Wildman–Crippen LogP) is 3.62. The lowest BCUT2D eigenvalue weighted by atomic mass is 10.1. The van der Waals surface area contributed by atoms with Gasteiger partial charge in [-0.15, -0.1) is 5.11 Å². The summed E-state index contributed by atoms with van der Waals surface area (Å²) in [6.07, 6.45) is 0.811. The molecule has 2 rings (SSSR count). The molecule has 110 valence electrons. The maximum absolute atomic E-state index is 10.9. The first-order valence-electron chi connectivity index (χ1n) is 6.21. The van der Waals surface area contributed by atoms with Gasteiger partial charge in [-0.25, -0.2) is 0 Å². The Kier molecular flexibility index (Phi) is 4.35. The average Bonchev–Trinajstić information content (AvgIpc) is 2.46. The molecule has 0 fully saturated rings. The predicted molar refractivity (Wildman–Crippen MR) is 77.9 cm³/mol. The van der Waals surface area contributed by atoms with Crippen molar-refractivity contribution in [2.45, 2.75) is 18.2 Å². The Morgan fingerprint density at radius 3 is 2.29 bits per heavy atom. The second kappa shape index (κ2) is 6.02. The number of azo groups is 1. The van der Waals surface area contributed by atoms with Crippen LogP contribution in [0.15, 0.2) is 57.6 Å². The van der Waals surface area contributed by atoms with Crippen molar-refractivity contribution in [1.29, 1.82) is 0 Å². The second-order valence-electron chi connectivity index (χ2n) is 4.35. The smallest absolute Gasteiger partial charge is 0.294 e. The number of aryl methyl sites for hydroxylation is 1. The molecule has 0 spiro atoms. The number of nitrogens with zero attached hydrogens (tertiary/aromatic N) is 2. The normalized spacial score (nSPS) is 11.9. The van der Waals surface area contributed by atoms with E-state index in [2.05, 4.69) is 10.2 Å². The third-order valence-electron chi connectivity index (χ3n) is 2.86. The highest BCUT2D eigenvalue weighted by atomic mass is 32.2. The summed E-state index contributed by atoms with van der Waals surface area (Å²) in [7, 11) is -4.21. The number of phenols is 1. The minimum absolute atomic E-state index is 0.0190. The molecule has 2 aromatic rings. The quantitative estimate of drug-likeness (QED) is 0.665. The van der Waals surface area contributed by atoms with Gasteiger partial charge in [0.2, 0.25) is 0 Å². The van der Waals surface area contributed by atoms with Crippen molar-refractivity contribution >= 4 is 21.5 Å². The van der Waals surface area contributed by atoms with Gasteiger partial charge >= 0.3 is 0 Å². The number of phenolic OH excluding ortho intramolecular Hbond substituents is 1. The van der Waals surface area contributed by atoms with Crippen molar-refractivity contribution < 1.29 is 18.1 Å². The summed E-state index contributed by atoms with van der Waals surface area (Å²) in [6.45, 7) is 1.99. The maximum Gasteiger partial charge on any atom is 0.294 e. The molecule has 0 aliphatic rings. The molecule has 0 aliphatic carbocycles. The van der Waals surface area contributed by atoms with Crippen molar-refractivity contribution in [3.05, 3.63) is 48.0 Å². The molecule has 2 aromatic carbocycles. The number of hydrogen-bond acceptors (Lipinski definition) is 5. The van der Waals surface area contributed by atoms with Crippen LogP contribution in [0.4, 0.5) is 11.4 Å². The third kappa shape index (κ3) is 3.87. The number of rotatable bonds is 4. The molecule has 7 heteroatoms. The van der Waals surface area contributed by atoms with E-state index in [1.807, 2.05) is 6.92 Å². The van der Waals surface area contributed by atoms with Crippen molar-refractivity contribution in [3.8, 4) is 5.75 Å². The van der Waals surface area contributed by atoms with Crippen LogP contribution in [0.2, 0.25) is 0 Å². The van der Waals surface area contributed by atoms with Crippen LogP contribution in [0.5, 0.6) is 5.75 Å². The fraction of sp³-hybridized carbons (Fsp3) is 0.143. The van der Waals surface area contributed by atoms with Crippen LogP contribution < -0.4 is 0 Å². The minimum Gasteiger partial charge on any atom is -0.506 e. The zero-order valence-corrected chi connectivity index (χ0v) is 12.1. The molecule has 0 heterocycles. The summed E-state index contributed by atoms with van der Waals surface area (Å²) in [5, 5.41) is 17.6. The Labute approximate surface area is 122 Å². The molecule has 0 radical (unpaired) electrons. The highest BCUT2D eigenvalue weighted by Gasteiger charge is 2.08. The third-order valence-corrected chi connectivity index (χ3v) is 3.72. The first-order chi connectivity index (χ1) is 9.90. The van der Waals surface area contributed by atoms with Crippen LogP contribution in [0.25, 0.3) is 0 Å². The number of hydrogen-bond donors (Lipinski definition) is 2. The van der Waals surface area contributed by atoms with E-state index in [9.17, 15) is 13.5 Å². The van der Waals surface area contributed by atoms with Gasteiger partial charge in [-0.05, 0) is 48.4 Å². The molecule has 0 saturated carbocycles. The molecule has 0 bridgehead atoms. The van der Waals surface area contributed by atoms with Gasteiger partial charge in [0.25, 0.3) is 10.1 Å². The molecule has 0 amide bonds. The van der Waals surface area contributed by atoms with Gasteiger partial charge in [0.1, 0.15) is 11.4 Å². The minimum atomic E-state index is -4.21. The first-order valence-corrected chi connectivity index (χ1v) is 7.65. The topological polar surface area (TPSA) is 99.3 Å². The molecule has 0 saturated heterocycles. The largest absolute Gasteiger partial charge is 0.506 e. The summed E-state index contributed by atoms with van der Waals surface area (Å²) in [5.74, 6) is 0.0190. The lowest BCUT2D eigenvalue weighted by Crippen LogP contribution is -1.96. The second-order valence-corrected chi connectivity index (χ2v) is 5.77. The fourth-order valence-electron chi connectivity index (χ4n) is 1.67. The summed E-state index contributed by atoms with van der Waals surface area (Å²) in [6, 6.07) is 10.4.